The maximum Gasteiger partial charge on any atom is 0.251 e. The highest BCUT2D eigenvalue weighted by Crippen LogP contribution is 2.21. The Hall–Kier alpha value is -2.40. The number of hydrogen-bond acceptors (Lipinski definition) is 3. The van der Waals surface area contributed by atoms with Gasteiger partial charge >= 0.3 is 0 Å². The van der Waals surface area contributed by atoms with E-state index in [-0.39, 0.29) is 11.7 Å². The zero-order valence-electron chi connectivity index (χ0n) is 14.9. The molecule has 0 fully saturated rings. The maximum absolute atomic E-state index is 13.0. The van der Waals surface area contributed by atoms with Crippen molar-refractivity contribution in [3.63, 3.8) is 0 Å². The zero-order valence-corrected chi connectivity index (χ0v) is 14.9. The molecule has 0 saturated heterocycles. The fourth-order valence-electron chi connectivity index (χ4n) is 2.60. The second-order valence-corrected chi connectivity index (χ2v) is 6.76. The van der Waals surface area contributed by atoms with Gasteiger partial charge in [0, 0.05) is 17.6 Å². The summed E-state index contributed by atoms with van der Waals surface area (Å²) in [5.41, 5.74) is 7.44. The lowest BCUT2D eigenvalue weighted by Crippen LogP contribution is -2.45. The van der Waals surface area contributed by atoms with Crippen LogP contribution in [0.25, 0.3) is 0 Å². The summed E-state index contributed by atoms with van der Waals surface area (Å²) < 4.78 is 18.6. The third-order valence-electron chi connectivity index (χ3n) is 3.84. The van der Waals surface area contributed by atoms with E-state index in [0.29, 0.717) is 30.9 Å². The Kier molecular flexibility index (Phi) is 6.15. The molecule has 25 heavy (non-hydrogen) atoms. The molecule has 0 aromatic heterocycles. The van der Waals surface area contributed by atoms with E-state index in [4.69, 9.17) is 10.5 Å². The second kappa shape index (κ2) is 8.12. The van der Waals surface area contributed by atoms with Crippen LogP contribution < -0.4 is 15.8 Å². The predicted octanol–water partition coefficient (Wildman–Crippen LogP) is 3.22. The first-order valence-electron chi connectivity index (χ1n) is 8.31. The van der Waals surface area contributed by atoms with Gasteiger partial charge in [0.05, 0.1) is 0 Å². The molecule has 0 aliphatic heterocycles. The highest BCUT2D eigenvalue weighted by atomic mass is 19.1. The molecule has 0 heterocycles. The molecule has 0 atom stereocenters. The molecule has 134 valence electrons. The molecule has 2 rings (SSSR count). The molecular weight excluding hydrogens is 319 g/mol. The normalized spacial score (nSPS) is 11.2. The molecule has 2 aromatic carbocycles. The van der Waals surface area contributed by atoms with Crippen molar-refractivity contribution in [3.05, 3.63) is 65.0 Å². The number of hydrogen-bond donors (Lipinski definition) is 2. The van der Waals surface area contributed by atoms with E-state index in [0.717, 1.165) is 11.1 Å². The van der Waals surface area contributed by atoms with Gasteiger partial charge in [-0.05, 0) is 62.6 Å². The Labute approximate surface area is 148 Å². The van der Waals surface area contributed by atoms with Crippen molar-refractivity contribution in [1.29, 1.82) is 0 Å². The van der Waals surface area contributed by atoms with Gasteiger partial charge in [-0.3, -0.25) is 4.79 Å². The number of benzene rings is 2. The van der Waals surface area contributed by atoms with Gasteiger partial charge < -0.3 is 15.8 Å². The standard InChI is InChI=1S/C20H25FN2O2/c1-14-4-7-16(12-18(14)25-11-10-22)19(24)23-20(2,3)13-15-5-8-17(21)9-6-15/h4-9,12H,10-11,13,22H2,1-3H3,(H,23,24). The molecule has 0 aliphatic carbocycles. The van der Waals surface area contributed by atoms with Crippen LogP contribution in [0.4, 0.5) is 4.39 Å². The number of carbonyl (C=O) groups is 1. The first-order valence-corrected chi connectivity index (χ1v) is 8.31. The van der Waals surface area contributed by atoms with Crippen LogP contribution in [-0.4, -0.2) is 24.6 Å². The molecule has 4 nitrogen and oxygen atoms in total. The van der Waals surface area contributed by atoms with E-state index in [1.54, 1.807) is 24.3 Å². The van der Waals surface area contributed by atoms with Gasteiger partial charge in [0.2, 0.25) is 0 Å². The molecular formula is C20H25FN2O2. The highest BCUT2D eigenvalue weighted by Gasteiger charge is 2.22. The highest BCUT2D eigenvalue weighted by molar-refractivity contribution is 5.95. The topological polar surface area (TPSA) is 64.3 Å². The summed E-state index contributed by atoms with van der Waals surface area (Å²) in [6, 6.07) is 11.7. The summed E-state index contributed by atoms with van der Waals surface area (Å²) in [5, 5.41) is 3.03. The number of amides is 1. The first kappa shape index (κ1) is 18.9. The summed E-state index contributed by atoms with van der Waals surface area (Å²) in [4.78, 5) is 12.6. The molecule has 0 aliphatic rings. The Morgan fingerprint density at radius 3 is 2.52 bits per heavy atom. The largest absolute Gasteiger partial charge is 0.492 e. The lowest BCUT2D eigenvalue weighted by Gasteiger charge is -2.26. The molecule has 3 N–H and O–H groups in total. The van der Waals surface area contributed by atoms with Gasteiger partial charge in [0.25, 0.3) is 5.91 Å². The number of nitrogens with two attached hydrogens (primary N) is 1. The van der Waals surface area contributed by atoms with Crippen LogP contribution in [0.5, 0.6) is 5.75 Å². The van der Waals surface area contributed by atoms with Crippen LogP contribution >= 0.6 is 0 Å². The Morgan fingerprint density at radius 2 is 1.88 bits per heavy atom. The van der Waals surface area contributed by atoms with Crippen LogP contribution in [0.1, 0.15) is 35.3 Å². The number of ether oxygens (including phenoxy) is 1. The molecule has 2 aromatic rings. The van der Waals surface area contributed by atoms with Gasteiger partial charge in [-0.15, -0.1) is 0 Å². The number of halogens is 1. The molecule has 0 unspecified atom stereocenters. The fraction of sp³-hybridized carbons (Fsp3) is 0.350. The Balaban J connectivity index is 2.08. The molecule has 5 heteroatoms. The number of aryl methyl sites for hydroxylation is 1. The summed E-state index contributed by atoms with van der Waals surface area (Å²) >= 11 is 0. The average Bonchev–Trinajstić information content (AvgIpc) is 2.55. The second-order valence-electron chi connectivity index (χ2n) is 6.76. The van der Waals surface area contributed by atoms with E-state index in [1.165, 1.54) is 12.1 Å². The molecule has 0 radical (unpaired) electrons. The average molecular weight is 344 g/mol. The van der Waals surface area contributed by atoms with Crippen LogP contribution in [0.15, 0.2) is 42.5 Å². The number of carbonyl (C=O) groups excluding carboxylic acids is 1. The van der Waals surface area contributed by atoms with Gasteiger partial charge in [-0.2, -0.15) is 0 Å². The number of rotatable bonds is 7. The van der Waals surface area contributed by atoms with Crippen molar-refractivity contribution in [2.45, 2.75) is 32.7 Å². The molecule has 0 spiro atoms. The quantitative estimate of drug-likeness (QED) is 0.810. The van der Waals surface area contributed by atoms with Crippen molar-refractivity contribution in [1.82, 2.24) is 5.32 Å². The summed E-state index contributed by atoms with van der Waals surface area (Å²) in [7, 11) is 0. The van der Waals surface area contributed by atoms with E-state index in [2.05, 4.69) is 5.32 Å². The van der Waals surface area contributed by atoms with E-state index in [1.807, 2.05) is 26.8 Å². The van der Waals surface area contributed by atoms with Crippen molar-refractivity contribution in [2.75, 3.05) is 13.2 Å². The maximum atomic E-state index is 13.0. The van der Waals surface area contributed by atoms with Gasteiger partial charge in [0.1, 0.15) is 18.2 Å². The van der Waals surface area contributed by atoms with Gasteiger partial charge in [0.15, 0.2) is 0 Å². The minimum absolute atomic E-state index is 0.176. The lowest BCUT2D eigenvalue weighted by molar-refractivity contribution is 0.0912. The number of nitrogens with one attached hydrogen (secondary N) is 1. The van der Waals surface area contributed by atoms with Gasteiger partial charge in [-0.1, -0.05) is 18.2 Å². The van der Waals surface area contributed by atoms with Crippen LogP contribution in [0.2, 0.25) is 0 Å². The molecule has 1 amide bonds. The van der Waals surface area contributed by atoms with Crippen molar-refractivity contribution in [3.8, 4) is 5.75 Å². The van der Waals surface area contributed by atoms with E-state index < -0.39 is 5.54 Å². The first-order chi connectivity index (χ1) is 11.8. The van der Waals surface area contributed by atoms with Crippen molar-refractivity contribution in [2.24, 2.45) is 5.73 Å². The van der Waals surface area contributed by atoms with Crippen LogP contribution in [0.3, 0.4) is 0 Å². The third-order valence-corrected chi connectivity index (χ3v) is 3.84. The summed E-state index contributed by atoms with van der Waals surface area (Å²) in [6.45, 7) is 6.62. The Morgan fingerprint density at radius 1 is 1.20 bits per heavy atom. The van der Waals surface area contributed by atoms with Crippen molar-refractivity contribution < 1.29 is 13.9 Å². The smallest absolute Gasteiger partial charge is 0.251 e. The molecule has 0 bridgehead atoms. The minimum Gasteiger partial charge on any atom is -0.492 e. The zero-order chi connectivity index (χ0) is 18.4. The van der Waals surface area contributed by atoms with Gasteiger partial charge in [-0.25, -0.2) is 4.39 Å². The van der Waals surface area contributed by atoms with E-state index in [9.17, 15) is 9.18 Å². The summed E-state index contributed by atoms with van der Waals surface area (Å²) in [5.74, 6) is 0.217. The monoisotopic (exact) mass is 344 g/mol. The van der Waals surface area contributed by atoms with Crippen LogP contribution in [-0.2, 0) is 6.42 Å². The third kappa shape index (κ3) is 5.57. The predicted molar refractivity (Wildman–Crippen MR) is 97.4 cm³/mol. The fourth-order valence-corrected chi connectivity index (χ4v) is 2.60. The van der Waals surface area contributed by atoms with E-state index >= 15 is 0 Å². The minimum atomic E-state index is -0.474. The molecule has 0 saturated carbocycles. The van der Waals surface area contributed by atoms with Crippen LogP contribution in [0, 0.1) is 12.7 Å². The lowest BCUT2D eigenvalue weighted by atomic mass is 9.94. The summed E-state index contributed by atoms with van der Waals surface area (Å²) in [6.07, 6.45) is 0.599. The SMILES string of the molecule is Cc1ccc(C(=O)NC(C)(C)Cc2ccc(F)cc2)cc1OCCN. The van der Waals surface area contributed by atoms with Crippen molar-refractivity contribution >= 4 is 5.91 Å². The Bertz CT molecular complexity index is 727.